The molecule has 0 amide bonds. The molecule has 1 aliphatic heterocycles. The maximum absolute atomic E-state index is 13.2. The fourth-order valence-electron chi connectivity index (χ4n) is 2.58. The van der Waals surface area contributed by atoms with E-state index in [1.54, 1.807) is 19.1 Å². The Balaban J connectivity index is 1.96. The van der Waals surface area contributed by atoms with Crippen LogP contribution < -0.4 is 0 Å². The molecule has 1 unspecified atom stereocenters. The number of piperazine rings is 1. The maximum atomic E-state index is 13.2. The lowest BCUT2D eigenvalue weighted by Crippen LogP contribution is -2.46. The number of benzene rings is 1. The van der Waals surface area contributed by atoms with Gasteiger partial charge in [0, 0.05) is 44.2 Å². The smallest absolute Gasteiger partial charge is 0.166 e. The minimum absolute atomic E-state index is 0.0525. The highest BCUT2D eigenvalue weighted by Gasteiger charge is 2.21. The van der Waals surface area contributed by atoms with Crippen molar-refractivity contribution in [2.45, 2.75) is 13.8 Å². The van der Waals surface area contributed by atoms with E-state index in [-0.39, 0.29) is 17.5 Å². The standard InChI is InChI=1S/C16H23FN2O/c1-12-10-14(4-5-15(12)17)16(20)13(2)11-19-8-6-18(3)7-9-19/h4-5,10,13H,6-9,11H2,1-3H3. The monoisotopic (exact) mass is 278 g/mol. The normalized spacial score (nSPS) is 19.0. The number of carbonyl (C=O) groups is 1. The quantitative estimate of drug-likeness (QED) is 0.789. The summed E-state index contributed by atoms with van der Waals surface area (Å²) in [5.74, 6) is -0.205. The topological polar surface area (TPSA) is 23.6 Å². The van der Waals surface area contributed by atoms with Crippen LogP contribution in [0.1, 0.15) is 22.8 Å². The zero-order valence-corrected chi connectivity index (χ0v) is 12.5. The Bertz CT molecular complexity index is 481. The van der Waals surface area contributed by atoms with Crippen molar-refractivity contribution in [1.29, 1.82) is 0 Å². The van der Waals surface area contributed by atoms with Crippen LogP contribution in [0.4, 0.5) is 4.39 Å². The van der Waals surface area contributed by atoms with Gasteiger partial charge in [0.05, 0.1) is 0 Å². The Morgan fingerprint density at radius 1 is 1.30 bits per heavy atom. The first-order chi connectivity index (χ1) is 9.47. The predicted molar refractivity (Wildman–Crippen MR) is 78.6 cm³/mol. The van der Waals surface area contributed by atoms with E-state index in [9.17, 15) is 9.18 Å². The highest BCUT2D eigenvalue weighted by Crippen LogP contribution is 2.15. The fourth-order valence-corrected chi connectivity index (χ4v) is 2.58. The average molecular weight is 278 g/mol. The van der Waals surface area contributed by atoms with Crippen molar-refractivity contribution >= 4 is 5.78 Å². The minimum Gasteiger partial charge on any atom is -0.304 e. The Hall–Kier alpha value is -1.26. The van der Waals surface area contributed by atoms with Gasteiger partial charge in [-0.1, -0.05) is 6.92 Å². The molecular weight excluding hydrogens is 255 g/mol. The molecule has 0 aromatic heterocycles. The summed E-state index contributed by atoms with van der Waals surface area (Å²) in [7, 11) is 2.12. The van der Waals surface area contributed by atoms with Crippen LogP contribution in [0, 0.1) is 18.7 Å². The second-order valence-electron chi connectivity index (χ2n) is 5.83. The summed E-state index contributed by atoms with van der Waals surface area (Å²) >= 11 is 0. The van der Waals surface area contributed by atoms with E-state index < -0.39 is 0 Å². The first-order valence-electron chi connectivity index (χ1n) is 7.18. The molecule has 110 valence electrons. The van der Waals surface area contributed by atoms with Crippen molar-refractivity contribution < 1.29 is 9.18 Å². The van der Waals surface area contributed by atoms with Gasteiger partial charge in [0.25, 0.3) is 0 Å². The summed E-state index contributed by atoms with van der Waals surface area (Å²) in [4.78, 5) is 17.0. The average Bonchev–Trinajstić information content (AvgIpc) is 2.43. The van der Waals surface area contributed by atoms with Gasteiger partial charge in [0.1, 0.15) is 5.82 Å². The van der Waals surface area contributed by atoms with Crippen LogP contribution in [0.5, 0.6) is 0 Å². The van der Waals surface area contributed by atoms with Crippen LogP contribution in [-0.2, 0) is 0 Å². The van der Waals surface area contributed by atoms with Crippen LogP contribution in [0.25, 0.3) is 0 Å². The predicted octanol–water partition coefficient (Wildman–Crippen LogP) is 2.20. The van der Waals surface area contributed by atoms with E-state index in [1.807, 2.05) is 6.92 Å². The molecule has 0 radical (unpaired) electrons. The Labute approximate surface area is 120 Å². The van der Waals surface area contributed by atoms with E-state index in [0.717, 1.165) is 32.7 Å². The van der Waals surface area contributed by atoms with E-state index in [4.69, 9.17) is 0 Å². The Morgan fingerprint density at radius 2 is 1.95 bits per heavy atom. The molecule has 4 heteroatoms. The van der Waals surface area contributed by atoms with Gasteiger partial charge in [-0.25, -0.2) is 4.39 Å². The third kappa shape index (κ3) is 3.64. The van der Waals surface area contributed by atoms with Gasteiger partial charge in [-0.3, -0.25) is 4.79 Å². The number of halogens is 1. The molecule has 1 saturated heterocycles. The highest BCUT2D eigenvalue weighted by molar-refractivity contribution is 5.97. The van der Waals surface area contributed by atoms with E-state index in [2.05, 4.69) is 16.8 Å². The number of rotatable bonds is 4. The molecule has 1 aromatic rings. The number of Topliss-reactive ketones (excluding diaryl/α,β-unsaturated/α-hetero) is 1. The number of hydrogen-bond donors (Lipinski definition) is 0. The summed E-state index contributed by atoms with van der Waals surface area (Å²) in [6.45, 7) is 8.56. The lowest BCUT2D eigenvalue weighted by atomic mass is 9.97. The van der Waals surface area contributed by atoms with E-state index in [1.165, 1.54) is 6.07 Å². The first kappa shape index (κ1) is 15.1. The van der Waals surface area contributed by atoms with Crippen molar-refractivity contribution in [3.8, 4) is 0 Å². The molecule has 1 aromatic carbocycles. The largest absolute Gasteiger partial charge is 0.304 e. The van der Waals surface area contributed by atoms with Crippen LogP contribution in [0.3, 0.4) is 0 Å². The second-order valence-corrected chi connectivity index (χ2v) is 5.83. The zero-order chi connectivity index (χ0) is 14.7. The van der Waals surface area contributed by atoms with Gasteiger partial charge in [-0.05, 0) is 37.7 Å². The molecule has 2 rings (SSSR count). The lowest BCUT2D eigenvalue weighted by molar-refractivity contribution is 0.0854. The molecular formula is C16H23FN2O. The third-order valence-electron chi connectivity index (χ3n) is 4.02. The highest BCUT2D eigenvalue weighted by atomic mass is 19.1. The molecule has 1 heterocycles. The van der Waals surface area contributed by atoms with Gasteiger partial charge in [-0.2, -0.15) is 0 Å². The number of hydrogen-bond acceptors (Lipinski definition) is 3. The van der Waals surface area contributed by atoms with Crippen molar-refractivity contribution in [3.05, 3.63) is 35.1 Å². The molecule has 1 aliphatic rings. The fraction of sp³-hybridized carbons (Fsp3) is 0.562. The molecule has 0 N–H and O–H groups in total. The maximum Gasteiger partial charge on any atom is 0.166 e. The van der Waals surface area contributed by atoms with Crippen molar-refractivity contribution in [2.24, 2.45) is 5.92 Å². The van der Waals surface area contributed by atoms with Gasteiger partial charge < -0.3 is 9.80 Å². The van der Waals surface area contributed by atoms with Crippen LogP contribution >= 0.6 is 0 Å². The number of aryl methyl sites for hydroxylation is 1. The number of likely N-dealkylation sites (N-methyl/N-ethyl adjacent to an activating group) is 1. The molecule has 3 nitrogen and oxygen atoms in total. The van der Waals surface area contributed by atoms with Gasteiger partial charge in [0.2, 0.25) is 0 Å². The summed E-state index contributed by atoms with van der Waals surface area (Å²) in [6.07, 6.45) is 0. The molecule has 0 spiro atoms. The van der Waals surface area contributed by atoms with Crippen molar-refractivity contribution in [3.63, 3.8) is 0 Å². The molecule has 0 bridgehead atoms. The molecule has 1 fully saturated rings. The van der Waals surface area contributed by atoms with Crippen LogP contribution in [0.15, 0.2) is 18.2 Å². The summed E-state index contributed by atoms with van der Waals surface area (Å²) in [5.41, 5.74) is 1.15. The SMILES string of the molecule is Cc1cc(C(=O)C(C)CN2CCN(C)CC2)ccc1F. The first-order valence-corrected chi connectivity index (χ1v) is 7.18. The second kappa shape index (κ2) is 6.46. The number of carbonyl (C=O) groups excluding carboxylic acids is 1. The number of nitrogens with zero attached hydrogens (tertiary/aromatic N) is 2. The van der Waals surface area contributed by atoms with Gasteiger partial charge >= 0.3 is 0 Å². The van der Waals surface area contributed by atoms with Gasteiger partial charge in [0.15, 0.2) is 5.78 Å². The zero-order valence-electron chi connectivity index (χ0n) is 12.5. The summed E-state index contributed by atoms with van der Waals surface area (Å²) < 4.78 is 13.2. The van der Waals surface area contributed by atoms with Gasteiger partial charge in [-0.15, -0.1) is 0 Å². The van der Waals surface area contributed by atoms with E-state index >= 15 is 0 Å². The third-order valence-corrected chi connectivity index (χ3v) is 4.02. The van der Waals surface area contributed by atoms with E-state index in [0.29, 0.717) is 11.1 Å². The summed E-state index contributed by atoms with van der Waals surface area (Å²) in [5, 5.41) is 0. The Morgan fingerprint density at radius 3 is 2.55 bits per heavy atom. The Kier molecular flexibility index (Phi) is 4.89. The van der Waals surface area contributed by atoms with Crippen molar-refractivity contribution in [1.82, 2.24) is 9.80 Å². The molecule has 0 saturated carbocycles. The lowest BCUT2D eigenvalue weighted by Gasteiger charge is -2.33. The molecule has 20 heavy (non-hydrogen) atoms. The van der Waals surface area contributed by atoms with Crippen molar-refractivity contribution in [2.75, 3.05) is 39.8 Å². The minimum atomic E-state index is -0.256. The van der Waals surface area contributed by atoms with Crippen LogP contribution in [0.2, 0.25) is 0 Å². The molecule has 0 aliphatic carbocycles. The molecule has 1 atom stereocenters. The number of ketones is 1. The summed E-state index contributed by atoms with van der Waals surface area (Å²) in [6, 6.07) is 4.62. The van der Waals surface area contributed by atoms with Crippen LogP contribution in [-0.4, -0.2) is 55.4 Å².